The van der Waals surface area contributed by atoms with E-state index in [2.05, 4.69) is 21.9 Å². The van der Waals surface area contributed by atoms with Gasteiger partial charge < -0.3 is 14.4 Å². The lowest BCUT2D eigenvalue weighted by Gasteiger charge is -2.25. The summed E-state index contributed by atoms with van der Waals surface area (Å²) in [5.74, 6) is 0. The van der Waals surface area contributed by atoms with Crippen LogP contribution < -0.4 is 4.90 Å². The van der Waals surface area contributed by atoms with Gasteiger partial charge in [-0.2, -0.15) is 0 Å². The van der Waals surface area contributed by atoms with Crippen LogP contribution in [0.25, 0.3) is 0 Å². The number of aromatic nitrogens is 2. The molecule has 1 aromatic heterocycles. The van der Waals surface area contributed by atoms with Crippen molar-refractivity contribution in [2.24, 2.45) is 0 Å². The smallest absolute Gasteiger partial charge is 0.207 e. The van der Waals surface area contributed by atoms with Crippen molar-refractivity contribution < 1.29 is 9.47 Å². The highest BCUT2D eigenvalue weighted by atomic mass is 32.1. The van der Waals surface area contributed by atoms with E-state index in [-0.39, 0.29) is 0 Å². The number of morpholine rings is 1. The second-order valence-electron chi connectivity index (χ2n) is 4.82. The molecule has 0 N–H and O–H groups in total. The third kappa shape index (κ3) is 4.49. The van der Waals surface area contributed by atoms with E-state index in [9.17, 15) is 0 Å². The lowest BCUT2D eigenvalue weighted by molar-refractivity contribution is 0.122. The van der Waals surface area contributed by atoms with Crippen molar-refractivity contribution in [2.75, 3.05) is 58.5 Å². The third-order valence-corrected chi connectivity index (χ3v) is 4.51. The molecule has 0 radical (unpaired) electrons. The summed E-state index contributed by atoms with van der Waals surface area (Å²) >= 11 is 6.98. The topological polar surface area (TPSA) is 42.8 Å². The van der Waals surface area contributed by atoms with Crippen LogP contribution in [0.2, 0.25) is 0 Å². The zero-order valence-electron chi connectivity index (χ0n) is 12.1. The van der Waals surface area contributed by atoms with E-state index in [1.807, 2.05) is 4.68 Å². The molecule has 0 unspecified atom stereocenters. The molecule has 114 valence electrons. The molecule has 2 heterocycles. The maximum Gasteiger partial charge on any atom is 0.207 e. The molecule has 1 aliphatic heterocycles. The summed E-state index contributed by atoms with van der Waals surface area (Å²) in [6.45, 7) is 5.81. The van der Waals surface area contributed by atoms with Gasteiger partial charge in [0.1, 0.15) is 0 Å². The minimum Gasteiger partial charge on any atom is -0.385 e. The number of anilines is 1. The lowest BCUT2D eigenvalue weighted by Crippen LogP contribution is -2.36. The van der Waals surface area contributed by atoms with Gasteiger partial charge in [-0.3, -0.25) is 4.90 Å². The second-order valence-corrected chi connectivity index (χ2v) is 6.42. The minimum atomic E-state index is 0.726. The molecule has 0 aliphatic carbocycles. The molecule has 8 heteroatoms. The summed E-state index contributed by atoms with van der Waals surface area (Å²) in [6, 6.07) is 0. The van der Waals surface area contributed by atoms with Crippen molar-refractivity contribution in [3.63, 3.8) is 0 Å². The summed E-state index contributed by atoms with van der Waals surface area (Å²) < 4.78 is 13.1. The average molecular weight is 318 g/mol. The van der Waals surface area contributed by atoms with Gasteiger partial charge in [0.05, 0.1) is 19.9 Å². The van der Waals surface area contributed by atoms with Crippen LogP contribution in [0.5, 0.6) is 0 Å². The number of methoxy groups -OCH3 is 1. The SMILES string of the molecule is COCCCN(C)Cn1nc(N2CCOCC2)sc1=S. The van der Waals surface area contributed by atoms with Crippen molar-refractivity contribution in [2.45, 2.75) is 13.1 Å². The van der Waals surface area contributed by atoms with Gasteiger partial charge >= 0.3 is 0 Å². The fraction of sp³-hybridized carbons (Fsp3) is 0.833. The Morgan fingerprint density at radius 2 is 2.20 bits per heavy atom. The van der Waals surface area contributed by atoms with E-state index in [1.165, 1.54) is 0 Å². The summed E-state index contributed by atoms with van der Waals surface area (Å²) in [5.41, 5.74) is 0. The predicted molar refractivity (Wildman–Crippen MR) is 83.1 cm³/mol. The first-order valence-electron chi connectivity index (χ1n) is 6.79. The number of rotatable bonds is 7. The van der Waals surface area contributed by atoms with Gasteiger partial charge in [0, 0.05) is 33.4 Å². The maximum absolute atomic E-state index is 5.41. The monoisotopic (exact) mass is 318 g/mol. The Balaban J connectivity index is 1.91. The Morgan fingerprint density at radius 3 is 2.90 bits per heavy atom. The summed E-state index contributed by atoms with van der Waals surface area (Å²) in [5, 5.41) is 5.63. The van der Waals surface area contributed by atoms with Gasteiger partial charge in [0.25, 0.3) is 0 Å². The van der Waals surface area contributed by atoms with E-state index >= 15 is 0 Å². The second kappa shape index (κ2) is 8.04. The van der Waals surface area contributed by atoms with Crippen molar-refractivity contribution in [1.82, 2.24) is 14.7 Å². The Hall–Kier alpha value is -0.540. The molecule has 0 atom stereocenters. The molecule has 0 spiro atoms. The average Bonchev–Trinajstić information content (AvgIpc) is 2.81. The molecule has 0 bridgehead atoms. The van der Waals surface area contributed by atoms with Crippen LogP contribution in [-0.2, 0) is 16.1 Å². The zero-order valence-corrected chi connectivity index (χ0v) is 13.7. The predicted octanol–water partition coefficient (Wildman–Crippen LogP) is 1.44. The van der Waals surface area contributed by atoms with Crippen LogP contribution in [-0.4, -0.2) is 68.3 Å². The van der Waals surface area contributed by atoms with Crippen molar-refractivity contribution >= 4 is 28.7 Å². The fourth-order valence-corrected chi connectivity index (χ4v) is 3.18. The van der Waals surface area contributed by atoms with E-state index in [4.69, 9.17) is 21.7 Å². The summed E-state index contributed by atoms with van der Waals surface area (Å²) in [6.07, 6.45) is 1.01. The van der Waals surface area contributed by atoms with Crippen LogP contribution in [0.1, 0.15) is 6.42 Å². The number of nitrogens with zero attached hydrogens (tertiary/aromatic N) is 4. The van der Waals surface area contributed by atoms with Gasteiger partial charge in [0.2, 0.25) is 5.13 Å². The fourth-order valence-electron chi connectivity index (χ4n) is 2.05. The van der Waals surface area contributed by atoms with Crippen LogP contribution >= 0.6 is 23.6 Å². The van der Waals surface area contributed by atoms with Crippen LogP contribution in [0, 0.1) is 3.95 Å². The molecule has 1 aromatic rings. The van der Waals surface area contributed by atoms with E-state index in [1.54, 1.807) is 18.4 Å². The molecule has 0 amide bonds. The molecule has 20 heavy (non-hydrogen) atoms. The molecular weight excluding hydrogens is 296 g/mol. The van der Waals surface area contributed by atoms with Crippen LogP contribution in [0.15, 0.2) is 0 Å². The Morgan fingerprint density at radius 1 is 1.45 bits per heavy atom. The van der Waals surface area contributed by atoms with Crippen molar-refractivity contribution in [3.8, 4) is 0 Å². The van der Waals surface area contributed by atoms with Crippen molar-refractivity contribution in [3.05, 3.63) is 3.95 Å². The number of ether oxygens (including phenoxy) is 2. The first-order chi connectivity index (χ1) is 9.70. The highest BCUT2D eigenvalue weighted by molar-refractivity contribution is 7.73. The minimum absolute atomic E-state index is 0.726. The van der Waals surface area contributed by atoms with Gasteiger partial charge in [-0.15, -0.1) is 5.10 Å². The standard InChI is InChI=1S/C12H22N4O2S2/c1-14(4-3-7-17-2)10-16-12(19)20-11(13-16)15-5-8-18-9-6-15/h3-10H2,1-2H3. The Bertz CT molecular complexity index is 457. The zero-order chi connectivity index (χ0) is 14.4. The molecule has 1 fully saturated rings. The first-order valence-corrected chi connectivity index (χ1v) is 8.01. The molecule has 1 saturated heterocycles. The molecule has 6 nitrogen and oxygen atoms in total. The Labute approximate surface area is 128 Å². The first kappa shape index (κ1) is 15.8. The summed E-state index contributed by atoms with van der Waals surface area (Å²) in [7, 11) is 3.80. The summed E-state index contributed by atoms with van der Waals surface area (Å²) in [4.78, 5) is 4.45. The van der Waals surface area contributed by atoms with Crippen molar-refractivity contribution in [1.29, 1.82) is 0 Å². The van der Waals surface area contributed by atoms with Gasteiger partial charge in [-0.1, -0.05) is 11.3 Å². The van der Waals surface area contributed by atoms with Gasteiger partial charge in [-0.05, 0) is 25.7 Å². The van der Waals surface area contributed by atoms with Gasteiger partial charge in [-0.25, -0.2) is 4.68 Å². The van der Waals surface area contributed by atoms with Crippen LogP contribution in [0.4, 0.5) is 5.13 Å². The van der Waals surface area contributed by atoms with E-state index in [0.29, 0.717) is 0 Å². The maximum atomic E-state index is 5.41. The molecule has 2 rings (SSSR count). The van der Waals surface area contributed by atoms with E-state index < -0.39 is 0 Å². The molecule has 0 aromatic carbocycles. The van der Waals surface area contributed by atoms with Gasteiger partial charge in [0.15, 0.2) is 3.95 Å². The number of hydrogen-bond acceptors (Lipinski definition) is 7. The van der Waals surface area contributed by atoms with Crippen LogP contribution in [0.3, 0.4) is 0 Å². The highest BCUT2D eigenvalue weighted by Crippen LogP contribution is 2.20. The molecule has 1 aliphatic rings. The Kier molecular flexibility index (Phi) is 6.37. The normalized spacial score (nSPS) is 16.1. The largest absolute Gasteiger partial charge is 0.385 e. The number of hydrogen-bond donors (Lipinski definition) is 0. The third-order valence-electron chi connectivity index (χ3n) is 3.14. The highest BCUT2D eigenvalue weighted by Gasteiger charge is 2.16. The molecular formula is C12H22N4O2S2. The van der Waals surface area contributed by atoms with E-state index in [0.717, 1.165) is 61.6 Å². The molecule has 0 saturated carbocycles. The quantitative estimate of drug-likeness (QED) is 0.560. The lowest BCUT2D eigenvalue weighted by atomic mass is 10.4.